The number of nitrogens with zero attached hydrogens (tertiary/aromatic N) is 2. The van der Waals surface area contributed by atoms with Gasteiger partial charge in [-0.1, -0.05) is 18.2 Å². The van der Waals surface area contributed by atoms with Gasteiger partial charge in [0, 0.05) is 44.5 Å². The van der Waals surface area contributed by atoms with Crippen LogP contribution in [0, 0.1) is 6.92 Å². The van der Waals surface area contributed by atoms with E-state index >= 15 is 0 Å². The van der Waals surface area contributed by atoms with Gasteiger partial charge in [0.15, 0.2) is 0 Å². The van der Waals surface area contributed by atoms with Crippen LogP contribution in [0.2, 0.25) is 0 Å². The number of aryl methyl sites for hydroxylation is 1. The van der Waals surface area contributed by atoms with Crippen LogP contribution in [0.5, 0.6) is 0 Å². The fourth-order valence-corrected chi connectivity index (χ4v) is 5.04. The average Bonchev–Trinajstić information content (AvgIpc) is 2.77. The van der Waals surface area contributed by atoms with Crippen molar-refractivity contribution >= 4 is 21.7 Å². The molecule has 1 saturated heterocycles. The number of hydrogen-bond donors (Lipinski definition) is 1. The Bertz CT molecular complexity index is 971. The number of carbonyl (C=O) groups excluding carboxylic acids is 1. The highest BCUT2D eigenvalue weighted by Gasteiger charge is 2.24. The van der Waals surface area contributed by atoms with Gasteiger partial charge in [0.2, 0.25) is 10.0 Å². The highest BCUT2D eigenvalue weighted by atomic mass is 32.2. The SMILES string of the molecule is COC(=O)c1ccc(S(=O)(=O)NCC(C)N2CCN(c3ccccc3)CC2)c(C)c1. The van der Waals surface area contributed by atoms with Crippen LogP contribution in [0.3, 0.4) is 0 Å². The Hall–Kier alpha value is -2.42. The number of methoxy groups -OCH3 is 1. The molecule has 2 aromatic carbocycles. The molecule has 1 N–H and O–H groups in total. The van der Waals surface area contributed by atoms with E-state index < -0.39 is 16.0 Å². The molecule has 1 unspecified atom stereocenters. The third kappa shape index (κ3) is 5.19. The lowest BCUT2D eigenvalue weighted by molar-refractivity contribution is 0.0600. The first-order chi connectivity index (χ1) is 14.3. The second kappa shape index (κ2) is 9.59. The van der Waals surface area contributed by atoms with Gasteiger partial charge in [-0.2, -0.15) is 0 Å². The number of esters is 1. The van der Waals surface area contributed by atoms with Crippen LogP contribution in [0.15, 0.2) is 53.4 Å². The molecule has 3 rings (SSSR count). The summed E-state index contributed by atoms with van der Waals surface area (Å²) >= 11 is 0. The molecule has 0 radical (unpaired) electrons. The first-order valence-corrected chi connectivity index (χ1v) is 11.5. The highest BCUT2D eigenvalue weighted by molar-refractivity contribution is 7.89. The third-order valence-corrected chi connectivity index (χ3v) is 7.10. The zero-order valence-electron chi connectivity index (χ0n) is 17.7. The lowest BCUT2D eigenvalue weighted by Gasteiger charge is -2.39. The molecule has 0 aliphatic carbocycles. The van der Waals surface area contributed by atoms with Crippen LogP contribution in [0.1, 0.15) is 22.8 Å². The molecule has 8 heteroatoms. The van der Waals surface area contributed by atoms with Gasteiger partial charge in [-0.25, -0.2) is 17.9 Å². The summed E-state index contributed by atoms with van der Waals surface area (Å²) in [5.41, 5.74) is 2.06. The molecule has 7 nitrogen and oxygen atoms in total. The molecule has 0 bridgehead atoms. The van der Waals surface area contributed by atoms with Crippen molar-refractivity contribution < 1.29 is 17.9 Å². The van der Waals surface area contributed by atoms with Gasteiger partial charge in [0.05, 0.1) is 17.6 Å². The van der Waals surface area contributed by atoms with E-state index in [-0.39, 0.29) is 10.9 Å². The topological polar surface area (TPSA) is 78.9 Å². The van der Waals surface area contributed by atoms with Crippen LogP contribution in [0.25, 0.3) is 0 Å². The number of anilines is 1. The number of rotatable bonds is 7. The zero-order valence-corrected chi connectivity index (χ0v) is 18.5. The summed E-state index contributed by atoms with van der Waals surface area (Å²) in [6, 6.07) is 14.9. The van der Waals surface area contributed by atoms with E-state index in [0.29, 0.717) is 17.7 Å². The highest BCUT2D eigenvalue weighted by Crippen LogP contribution is 2.19. The summed E-state index contributed by atoms with van der Waals surface area (Å²) in [4.78, 5) is 16.5. The summed E-state index contributed by atoms with van der Waals surface area (Å²) in [7, 11) is -2.37. The first-order valence-electron chi connectivity index (χ1n) is 10.0. The van der Waals surface area contributed by atoms with Crippen molar-refractivity contribution in [3.8, 4) is 0 Å². The second-order valence-electron chi connectivity index (χ2n) is 7.53. The summed E-state index contributed by atoms with van der Waals surface area (Å²) in [5, 5.41) is 0. The third-order valence-electron chi connectivity index (χ3n) is 5.51. The maximum Gasteiger partial charge on any atom is 0.337 e. The molecule has 1 heterocycles. The number of sulfonamides is 1. The number of carbonyl (C=O) groups is 1. The van der Waals surface area contributed by atoms with Crippen molar-refractivity contribution in [1.29, 1.82) is 0 Å². The molecular formula is C22H29N3O4S. The van der Waals surface area contributed by atoms with Gasteiger partial charge in [-0.15, -0.1) is 0 Å². The molecule has 0 aromatic heterocycles. The molecule has 0 spiro atoms. The Kier molecular flexibility index (Phi) is 7.12. The Balaban J connectivity index is 1.56. The van der Waals surface area contributed by atoms with Crippen molar-refractivity contribution in [3.63, 3.8) is 0 Å². The van der Waals surface area contributed by atoms with E-state index in [2.05, 4.69) is 31.4 Å². The standard InChI is InChI=1S/C22H29N3O4S/c1-17-15-19(22(26)29-3)9-10-21(17)30(27,28)23-16-18(2)24-11-13-25(14-12-24)20-7-5-4-6-8-20/h4-10,15,18,23H,11-14,16H2,1-3H3. The number of hydrogen-bond acceptors (Lipinski definition) is 6. The minimum absolute atomic E-state index is 0.0762. The van der Waals surface area contributed by atoms with Gasteiger partial charge >= 0.3 is 5.97 Å². The summed E-state index contributed by atoms with van der Waals surface area (Å²) in [5.74, 6) is -0.488. The lowest BCUT2D eigenvalue weighted by Crippen LogP contribution is -2.52. The van der Waals surface area contributed by atoms with Crippen LogP contribution in [0.4, 0.5) is 5.69 Å². The van der Waals surface area contributed by atoms with Crippen molar-refractivity contribution in [2.45, 2.75) is 24.8 Å². The molecular weight excluding hydrogens is 402 g/mol. The fraction of sp³-hybridized carbons (Fsp3) is 0.409. The van der Waals surface area contributed by atoms with Gasteiger partial charge < -0.3 is 9.64 Å². The molecule has 2 aromatic rings. The van der Waals surface area contributed by atoms with Crippen LogP contribution in [-0.2, 0) is 14.8 Å². The Labute approximate surface area is 178 Å². The maximum absolute atomic E-state index is 12.8. The van der Waals surface area contributed by atoms with E-state index in [1.165, 1.54) is 31.0 Å². The van der Waals surface area contributed by atoms with Crippen molar-refractivity contribution in [2.24, 2.45) is 0 Å². The minimum atomic E-state index is -3.67. The van der Waals surface area contributed by atoms with E-state index in [4.69, 9.17) is 0 Å². The van der Waals surface area contributed by atoms with E-state index in [9.17, 15) is 13.2 Å². The lowest BCUT2D eigenvalue weighted by atomic mass is 10.1. The minimum Gasteiger partial charge on any atom is -0.465 e. The smallest absolute Gasteiger partial charge is 0.337 e. The number of piperazine rings is 1. The molecule has 1 atom stereocenters. The molecule has 162 valence electrons. The van der Waals surface area contributed by atoms with Crippen LogP contribution in [-0.4, -0.2) is 65.2 Å². The second-order valence-corrected chi connectivity index (χ2v) is 9.27. The molecule has 1 aliphatic heterocycles. The molecule has 0 amide bonds. The van der Waals surface area contributed by atoms with Crippen LogP contribution < -0.4 is 9.62 Å². The largest absolute Gasteiger partial charge is 0.465 e. The molecule has 1 aliphatic rings. The van der Waals surface area contributed by atoms with Gasteiger partial charge in [-0.05, 0) is 49.7 Å². The number of nitrogens with one attached hydrogen (secondary N) is 1. The summed E-state index contributed by atoms with van der Waals surface area (Å²) in [6.07, 6.45) is 0. The Morgan fingerprint density at radius 1 is 1.10 bits per heavy atom. The number of benzene rings is 2. The zero-order chi connectivity index (χ0) is 21.7. The summed E-state index contributed by atoms with van der Waals surface area (Å²) in [6.45, 7) is 7.62. The van der Waals surface area contributed by atoms with Crippen molar-refractivity contribution in [2.75, 3.05) is 44.7 Å². The number of ether oxygens (including phenoxy) is 1. The maximum atomic E-state index is 12.8. The normalized spacial score (nSPS) is 16.3. The molecule has 30 heavy (non-hydrogen) atoms. The van der Waals surface area contributed by atoms with Gasteiger partial charge in [0.25, 0.3) is 0 Å². The quantitative estimate of drug-likeness (QED) is 0.678. The predicted octanol–water partition coefficient (Wildman–Crippen LogP) is 2.27. The predicted molar refractivity (Wildman–Crippen MR) is 117 cm³/mol. The van der Waals surface area contributed by atoms with Crippen LogP contribution >= 0.6 is 0 Å². The Morgan fingerprint density at radius 2 is 1.77 bits per heavy atom. The monoisotopic (exact) mass is 431 g/mol. The van der Waals surface area contributed by atoms with E-state index in [0.717, 1.165) is 26.2 Å². The average molecular weight is 432 g/mol. The molecule has 1 fully saturated rings. The summed E-state index contributed by atoms with van der Waals surface area (Å²) < 4.78 is 33.0. The Morgan fingerprint density at radius 3 is 2.37 bits per heavy atom. The van der Waals surface area contributed by atoms with Crippen molar-refractivity contribution in [1.82, 2.24) is 9.62 Å². The van der Waals surface area contributed by atoms with E-state index in [1.54, 1.807) is 6.92 Å². The first kappa shape index (κ1) is 22.3. The van der Waals surface area contributed by atoms with Gasteiger partial charge in [-0.3, -0.25) is 4.90 Å². The van der Waals surface area contributed by atoms with E-state index in [1.807, 2.05) is 25.1 Å². The molecule has 0 saturated carbocycles. The van der Waals surface area contributed by atoms with Gasteiger partial charge in [0.1, 0.15) is 0 Å². The number of para-hydroxylation sites is 1. The van der Waals surface area contributed by atoms with Crippen molar-refractivity contribution in [3.05, 3.63) is 59.7 Å². The fourth-order valence-electron chi connectivity index (χ4n) is 3.69.